The second-order valence-corrected chi connectivity index (χ2v) is 3.80. The Labute approximate surface area is 94.6 Å². The summed E-state index contributed by atoms with van der Waals surface area (Å²) in [7, 11) is 1.65. The Morgan fingerprint density at radius 3 is 2.75 bits per heavy atom. The molecule has 2 nitrogen and oxygen atoms in total. The molecule has 0 radical (unpaired) electrons. The average molecular weight is 229 g/mol. The second-order valence-electron chi connectivity index (χ2n) is 3.80. The molecule has 1 aromatic rings. The molecule has 0 aromatic heterocycles. The van der Waals surface area contributed by atoms with Crippen molar-refractivity contribution in [1.82, 2.24) is 5.32 Å². The maximum atomic E-state index is 13.2. The van der Waals surface area contributed by atoms with Crippen LogP contribution in [0.3, 0.4) is 0 Å². The van der Waals surface area contributed by atoms with Crippen LogP contribution in [0.5, 0.6) is 0 Å². The second kappa shape index (κ2) is 6.55. The standard InChI is InChI=1S/C12H17F2NO/c1-9(5-6-16-2)15-8-10-3-4-11(13)7-12(10)14/h3-4,7,9,15H,5-6,8H2,1-2H3. The number of halogens is 2. The molecular formula is C12H17F2NO. The van der Waals surface area contributed by atoms with E-state index < -0.39 is 11.6 Å². The molecule has 16 heavy (non-hydrogen) atoms. The zero-order chi connectivity index (χ0) is 12.0. The number of hydrogen-bond acceptors (Lipinski definition) is 2. The van der Waals surface area contributed by atoms with Gasteiger partial charge < -0.3 is 10.1 Å². The molecule has 1 N–H and O–H groups in total. The molecule has 0 bridgehead atoms. The molecule has 0 amide bonds. The van der Waals surface area contributed by atoms with E-state index in [1.807, 2.05) is 6.92 Å². The fraction of sp³-hybridized carbons (Fsp3) is 0.500. The third-order valence-electron chi connectivity index (χ3n) is 2.41. The fourth-order valence-electron chi connectivity index (χ4n) is 1.35. The van der Waals surface area contributed by atoms with E-state index in [1.165, 1.54) is 12.1 Å². The summed E-state index contributed by atoms with van der Waals surface area (Å²) in [6, 6.07) is 3.86. The molecule has 1 unspecified atom stereocenters. The van der Waals surface area contributed by atoms with Crippen molar-refractivity contribution < 1.29 is 13.5 Å². The lowest BCUT2D eigenvalue weighted by molar-refractivity contribution is 0.184. The summed E-state index contributed by atoms with van der Waals surface area (Å²) in [6.07, 6.45) is 0.860. The predicted molar refractivity (Wildman–Crippen MR) is 59.2 cm³/mol. The van der Waals surface area contributed by atoms with Gasteiger partial charge in [0.15, 0.2) is 0 Å². The van der Waals surface area contributed by atoms with Crippen LogP contribution in [0.25, 0.3) is 0 Å². The molecule has 4 heteroatoms. The summed E-state index contributed by atoms with van der Waals surface area (Å²) in [5.41, 5.74) is 0.477. The summed E-state index contributed by atoms with van der Waals surface area (Å²) in [6.45, 7) is 3.07. The van der Waals surface area contributed by atoms with Crippen LogP contribution in [0.2, 0.25) is 0 Å². The van der Waals surface area contributed by atoms with Crippen molar-refractivity contribution in [2.24, 2.45) is 0 Å². The van der Waals surface area contributed by atoms with Gasteiger partial charge in [0.1, 0.15) is 11.6 Å². The highest BCUT2D eigenvalue weighted by Gasteiger charge is 2.05. The highest BCUT2D eigenvalue weighted by atomic mass is 19.1. The van der Waals surface area contributed by atoms with Gasteiger partial charge in [0.05, 0.1) is 0 Å². The van der Waals surface area contributed by atoms with E-state index in [-0.39, 0.29) is 6.04 Å². The van der Waals surface area contributed by atoms with Gasteiger partial charge in [-0.3, -0.25) is 0 Å². The Bertz CT molecular complexity index is 331. The van der Waals surface area contributed by atoms with Crippen molar-refractivity contribution in [2.45, 2.75) is 25.9 Å². The highest BCUT2D eigenvalue weighted by Crippen LogP contribution is 2.09. The first-order chi connectivity index (χ1) is 7.63. The molecule has 0 aliphatic carbocycles. The summed E-state index contributed by atoms with van der Waals surface area (Å²) < 4.78 is 30.8. The maximum Gasteiger partial charge on any atom is 0.130 e. The van der Waals surface area contributed by atoms with E-state index in [2.05, 4.69) is 5.32 Å². The minimum absolute atomic E-state index is 0.240. The van der Waals surface area contributed by atoms with Gasteiger partial charge in [-0.25, -0.2) is 8.78 Å². The zero-order valence-electron chi connectivity index (χ0n) is 9.59. The van der Waals surface area contributed by atoms with Crippen LogP contribution in [-0.4, -0.2) is 19.8 Å². The van der Waals surface area contributed by atoms with Crippen LogP contribution in [0.4, 0.5) is 8.78 Å². The largest absolute Gasteiger partial charge is 0.385 e. The first-order valence-electron chi connectivity index (χ1n) is 5.29. The molecule has 0 fully saturated rings. The van der Waals surface area contributed by atoms with Crippen LogP contribution in [0, 0.1) is 11.6 Å². The number of methoxy groups -OCH3 is 1. The summed E-state index contributed by atoms with van der Waals surface area (Å²) in [5.74, 6) is -1.06. The van der Waals surface area contributed by atoms with Gasteiger partial charge in [-0.2, -0.15) is 0 Å². The van der Waals surface area contributed by atoms with Crippen molar-refractivity contribution in [1.29, 1.82) is 0 Å². The first kappa shape index (κ1) is 13.1. The maximum absolute atomic E-state index is 13.2. The van der Waals surface area contributed by atoms with Crippen LogP contribution in [0.1, 0.15) is 18.9 Å². The average Bonchev–Trinajstić information content (AvgIpc) is 2.25. The van der Waals surface area contributed by atoms with Crippen molar-refractivity contribution >= 4 is 0 Å². The molecule has 0 heterocycles. The fourth-order valence-corrected chi connectivity index (χ4v) is 1.35. The lowest BCUT2D eigenvalue weighted by Gasteiger charge is -2.13. The molecule has 0 aliphatic rings. The van der Waals surface area contributed by atoms with Gasteiger partial charge in [0.2, 0.25) is 0 Å². The Kier molecular flexibility index (Phi) is 5.35. The van der Waals surface area contributed by atoms with E-state index in [9.17, 15) is 8.78 Å². The number of benzene rings is 1. The summed E-state index contributed by atoms with van der Waals surface area (Å²) in [5, 5.41) is 3.15. The number of rotatable bonds is 6. The van der Waals surface area contributed by atoms with Gasteiger partial charge in [-0.1, -0.05) is 6.07 Å². The molecule has 90 valence electrons. The minimum atomic E-state index is -0.548. The van der Waals surface area contributed by atoms with E-state index in [1.54, 1.807) is 7.11 Å². The Morgan fingerprint density at radius 1 is 1.38 bits per heavy atom. The van der Waals surface area contributed by atoms with Gasteiger partial charge in [-0.05, 0) is 19.4 Å². The van der Waals surface area contributed by atoms with Crippen LogP contribution in [-0.2, 0) is 11.3 Å². The van der Waals surface area contributed by atoms with Crippen LogP contribution >= 0.6 is 0 Å². The molecule has 0 spiro atoms. The van der Waals surface area contributed by atoms with Crippen LogP contribution in [0.15, 0.2) is 18.2 Å². The first-order valence-corrected chi connectivity index (χ1v) is 5.29. The number of ether oxygens (including phenoxy) is 1. The van der Waals surface area contributed by atoms with Crippen molar-refractivity contribution in [3.63, 3.8) is 0 Å². The van der Waals surface area contributed by atoms with E-state index in [0.29, 0.717) is 18.7 Å². The van der Waals surface area contributed by atoms with Gasteiger partial charge in [0, 0.05) is 37.9 Å². The number of nitrogens with one attached hydrogen (secondary N) is 1. The molecule has 0 saturated heterocycles. The van der Waals surface area contributed by atoms with Crippen molar-refractivity contribution in [3.05, 3.63) is 35.4 Å². The molecule has 1 rings (SSSR count). The molecule has 0 aliphatic heterocycles. The minimum Gasteiger partial charge on any atom is -0.385 e. The van der Waals surface area contributed by atoms with Crippen molar-refractivity contribution in [3.8, 4) is 0 Å². The summed E-state index contributed by atoms with van der Waals surface area (Å²) in [4.78, 5) is 0. The third-order valence-corrected chi connectivity index (χ3v) is 2.41. The smallest absolute Gasteiger partial charge is 0.130 e. The molecule has 1 atom stereocenters. The Morgan fingerprint density at radius 2 is 2.12 bits per heavy atom. The summed E-state index contributed by atoms with van der Waals surface area (Å²) >= 11 is 0. The molecular weight excluding hydrogens is 212 g/mol. The zero-order valence-corrected chi connectivity index (χ0v) is 9.59. The van der Waals surface area contributed by atoms with Gasteiger partial charge >= 0.3 is 0 Å². The predicted octanol–water partition coefficient (Wildman–Crippen LogP) is 2.48. The lowest BCUT2D eigenvalue weighted by Crippen LogP contribution is -2.27. The van der Waals surface area contributed by atoms with Crippen molar-refractivity contribution in [2.75, 3.05) is 13.7 Å². The Hall–Kier alpha value is -1.00. The third kappa shape index (κ3) is 4.24. The van der Waals surface area contributed by atoms with Gasteiger partial charge in [0.25, 0.3) is 0 Å². The Balaban J connectivity index is 2.42. The van der Waals surface area contributed by atoms with Gasteiger partial charge in [-0.15, -0.1) is 0 Å². The van der Waals surface area contributed by atoms with E-state index in [0.717, 1.165) is 12.5 Å². The van der Waals surface area contributed by atoms with Crippen LogP contribution < -0.4 is 5.32 Å². The highest BCUT2D eigenvalue weighted by molar-refractivity contribution is 5.18. The monoisotopic (exact) mass is 229 g/mol. The van der Waals surface area contributed by atoms with E-state index in [4.69, 9.17) is 4.74 Å². The molecule has 1 aromatic carbocycles. The topological polar surface area (TPSA) is 21.3 Å². The quantitative estimate of drug-likeness (QED) is 0.809. The molecule has 0 saturated carbocycles. The normalized spacial score (nSPS) is 12.8. The van der Waals surface area contributed by atoms with E-state index >= 15 is 0 Å². The SMILES string of the molecule is COCCC(C)NCc1ccc(F)cc1F. The lowest BCUT2D eigenvalue weighted by atomic mass is 10.2. The number of hydrogen-bond donors (Lipinski definition) is 1.